The van der Waals surface area contributed by atoms with Gasteiger partial charge in [0.05, 0.1) is 17.3 Å². The molecule has 0 spiro atoms. The van der Waals surface area contributed by atoms with Crippen molar-refractivity contribution in [3.8, 4) is 11.1 Å². The van der Waals surface area contributed by atoms with Crippen molar-refractivity contribution >= 4 is 40.1 Å². The van der Waals surface area contributed by atoms with E-state index in [4.69, 9.17) is 10.2 Å². The van der Waals surface area contributed by atoms with E-state index >= 15 is 0 Å². The zero-order chi connectivity index (χ0) is 40.5. The van der Waals surface area contributed by atoms with Gasteiger partial charge in [0, 0.05) is 92.2 Å². The number of aryl methyl sites for hydroxylation is 2. The van der Waals surface area contributed by atoms with E-state index in [1.807, 2.05) is 61.1 Å². The van der Waals surface area contributed by atoms with Gasteiger partial charge < -0.3 is 20.5 Å². The van der Waals surface area contributed by atoms with Gasteiger partial charge in [-0.05, 0) is 99.7 Å². The summed E-state index contributed by atoms with van der Waals surface area (Å²) in [5.41, 5.74) is 8.61. The van der Waals surface area contributed by atoms with Crippen molar-refractivity contribution in [1.82, 2.24) is 35.4 Å². The van der Waals surface area contributed by atoms with Gasteiger partial charge in [0.25, 0.3) is 11.5 Å². The molecule has 14 nitrogen and oxygen atoms in total. The number of pyridine rings is 2. The highest BCUT2D eigenvalue weighted by atomic mass is 16.5. The Kier molecular flexibility index (Phi) is 13.5. The quantitative estimate of drug-likeness (QED) is 0.0456. The van der Waals surface area contributed by atoms with Crippen molar-refractivity contribution in [2.75, 3.05) is 36.4 Å². The summed E-state index contributed by atoms with van der Waals surface area (Å²) in [6.07, 6.45) is 7.43. The highest BCUT2D eigenvalue weighted by Gasteiger charge is 2.21. The average molecular weight is 776 g/mol. The third-order valence-corrected chi connectivity index (χ3v) is 10.5. The summed E-state index contributed by atoms with van der Waals surface area (Å²) in [5, 5.41) is 19.8. The summed E-state index contributed by atoms with van der Waals surface area (Å²) in [6.45, 7) is 12.2. The normalized spacial score (nSPS) is 13.3. The maximum atomic E-state index is 13.7. The van der Waals surface area contributed by atoms with Crippen LogP contribution in [-0.4, -0.2) is 73.8 Å². The van der Waals surface area contributed by atoms with E-state index in [9.17, 15) is 19.2 Å². The summed E-state index contributed by atoms with van der Waals surface area (Å²) in [6, 6.07) is 18.0. The molecule has 14 heteroatoms. The number of amides is 3. The molecule has 57 heavy (non-hydrogen) atoms. The first-order valence-corrected chi connectivity index (χ1v) is 19.7. The number of rotatable bonds is 16. The molecule has 0 unspecified atom stereocenters. The lowest BCUT2D eigenvalue weighted by molar-refractivity contribution is -0.129. The maximum Gasteiger partial charge on any atom is 0.253 e. The van der Waals surface area contributed by atoms with Crippen LogP contribution in [0, 0.1) is 13.8 Å². The Labute approximate surface area is 332 Å². The summed E-state index contributed by atoms with van der Waals surface area (Å²) in [7, 11) is 0. The van der Waals surface area contributed by atoms with Crippen LogP contribution in [0.5, 0.6) is 0 Å². The van der Waals surface area contributed by atoms with Crippen LogP contribution in [0.3, 0.4) is 0 Å². The maximum absolute atomic E-state index is 13.7. The van der Waals surface area contributed by atoms with Gasteiger partial charge in [0.15, 0.2) is 0 Å². The van der Waals surface area contributed by atoms with Gasteiger partial charge >= 0.3 is 0 Å². The Morgan fingerprint density at radius 3 is 2.23 bits per heavy atom. The smallest absolute Gasteiger partial charge is 0.253 e. The molecule has 6 rings (SSSR count). The first-order valence-electron chi connectivity index (χ1n) is 19.7. The standard InChI is InChI=1S/C43H53N9O5/c1-28(2)52-38-23-33(22-35(37(38)26-46-52)42(55)45-25-36-29(3)21-30(4)47-43(36)56)32-13-16-39(44-24-32)51-19-17-50(18-20-51)27-31-11-14-34(15-12-31)48-40(53)9-7-5-6-8-10-41(54)49-57/h11-16,21-24,26,28,57H,5-10,17-20,25,27H2,1-4H3,(H,45,55)(H,47,56)(H,48,53)(H,49,54). The van der Waals surface area contributed by atoms with Crippen LogP contribution >= 0.6 is 0 Å². The summed E-state index contributed by atoms with van der Waals surface area (Å²) < 4.78 is 1.91. The minimum Gasteiger partial charge on any atom is -0.354 e. The van der Waals surface area contributed by atoms with Crippen molar-refractivity contribution in [2.24, 2.45) is 0 Å². The van der Waals surface area contributed by atoms with Gasteiger partial charge in [0.2, 0.25) is 11.8 Å². The van der Waals surface area contributed by atoms with Crippen LogP contribution in [0.25, 0.3) is 22.0 Å². The number of hydrogen-bond acceptors (Lipinski definition) is 9. The van der Waals surface area contributed by atoms with Gasteiger partial charge in [-0.15, -0.1) is 0 Å². The largest absolute Gasteiger partial charge is 0.354 e. The molecule has 0 saturated carbocycles. The first kappa shape index (κ1) is 40.8. The van der Waals surface area contributed by atoms with Gasteiger partial charge in [-0.1, -0.05) is 25.0 Å². The number of anilines is 2. The van der Waals surface area contributed by atoms with Crippen LogP contribution in [0.1, 0.15) is 91.2 Å². The van der Waals surface area contributed by atoms with Crippen molar-refractivity contribution < 1.29 is 19.6 Å². The number of nitrogens with one attached hydrogen (secondary N) is 4. The molecular formula is C43H53N9O5. The molecule has 300 valence electrons. The molecule has 5 N–H and O–H groups in total. The lowest BCUT2D eigenvalue weighted by atomic mass is 10.0. The first-order chi connectivity index (χ1) is 27.5. The molecule has 3 aromatic heterocycles. The number of nitrogens with zero attached hydrogens (tertiary/aromatic N) is 5. The van der Waals surface area contributed by atoms with Crippen LogP contribution in [0.4, 0.5) is 11.5 Å². The Balaban J connectivity index is 1.03. The number of hydroxylamine groups is 1. The van der Waals surface area contributed by atoms with E-state index < -0.39 is 0 Å². The molecule has 3 amide bonds. The number of piperazine rings is 1. The number of benzene rings is 2. The Morgan fingerprint density at radius 2 is 1.58 bits per heavy atom. The zero-order valence-corrected chi connectivity index (χ0v) is 33.2. The van der Waals surface area contributed by atoms with E-state index in [0.29, 0.717) is 24.0 Å². The number of fused-ring (bicyclic) bond motifs is 1. The number of aromatic nitrogens is 4. The molecule has 0 radical (unpaired) electrons. The van der Waals surface area contributed by atoms with E-state index in [-0.39, 0.29) is 42.3 Å². The van der Waals surface area contributed by atoms with Gasteiger partial charge in [-0.3, -0.25) is 34.0 Å². The van der Waals surface area contributed by atoms with Crippen LogP contribution in [0.15, 0.2) is 71.8 Å². The number of unbranched alkanes of at least 4 members (excludes halogenated alkanes) is 3. The molecule has 0 atom stereocenters. The summed E-state index contributed by atoms with van der Waals surface area (Å²) >= 11 is 0. The molecule has 5 aromatic rings. The second kappa shape index (κ2) is 18.9. The zero-order valence-electron chi connectivity index (χ0n) is 33.2. The third-order valence-electron chi connectivity index (χ3n) is 10.5. The lowest BCUT2D eigenvalue weighted by Gasteiger charge is -2.35. The van der Waals surface area contributed by atoms with Crippen molar-refractivity contribution in [3.63, 3.8) is 0 Å². The molecule has 1 aliphatic heterocycles. The molecule has 1 saturated heterocycles. The van der Waals surface area contributed by atoms with Crippen LogP contribution in [0.2, 0.25) is 0 Å². The number of carbonyl (C=O) groups is 3. The second-order valence-corrected chi connectivity index (χ2v) is 15.1. The second-order valence-electron chi connectivity index (χ2n) is 15.1. The SMILES string of the molecule is Cc1cc(C)c(CNC(=O)c2cc(-c3ccc(N4CCN(Cc5ccc(NC(=O)CCCCCCC(=O)NO)cc5)CC4)nc3)cc3c2cnn3C(C)C)c(=O)[nH]1. The topological polar surface area (TPSA) is 178 Å². The van der Waals surface area contributed by atoms with E-state index in [1.54, 1.807) is 11.7 Å². The monoisotopic (exact) mass is 775 g/mol. The number of aromatic amines is 1. The minimum absolute atomic E-state index is 0.0233. The van der Waals surface area contributed by atoms with Crippen molar-refractivity contribution in [2.45, 2.75) is 85.4 Å². The summed E-state index contributed by atoms with van der Waals surface area (Å²) in [4.78, 5) is 62.1. The van der Waals surface area contributed by atoms with Gasteiger partial charge in [0.1, 0.15) is 5.82 Å². The number of H-pyrrole nitrogens is 1. The fraction of sp³-hybridized carbons (Fsp3) is 0.395. The minimum atomic E-state index is -0.382. The fourth-order valence-electron chi connectivity index (χ4n) is 7.31. The van der Waals surface area contributed by atoms with Crippen LogP contribution < -0.4 is 26.6 Å². The average Bonchev–Trinajstić information content (AvgIpc) is 3.64. The molecule has 0 aliphatic carbocycles. The molecule has 1 fully saturated rings. The predicted molar refractivity (Wildman–Crippen MR) is 221 cm³/mol. The van der Waals surface area contributed by atoms with E-state index in [2.05, 4.69) is 62.6 Å². The van der Waals surface area contributed by atoms with E-state index in [0.717, 1.165) is 96.8 Å². The Hall–Kier alpha value is -5.86. The Morgan fingerprint density at radius 1 is 0.860 bits per heavy atom. The van der Waals surface area contributed by atoms with E-state index in [1.165, 1.54) is 5.56 Å². The van der Waals surface area contributed by atoms with Gasteiger partial charge in [-0.25, -0.2) is 10.5 Å². The van der Waals surface area contributed by atoms with Crippen molar-refractivity contribution in [1.29, 1.82) is 0 Å². The molecule has 1 aliphatic rings. The fourth-order valence-corrected chi connectivity index (χ4v) is 7.31. The molecule has 2 aromatic carbocycles. The molecular weight excluding hydrogens is 723 g/mol. The predicted octanol–water partition coefficient (Wildman–Crippen LogP) is 6.02. The highest BCUT2D eigenvalue weighted by molar-refractivity contribution is 6.08. The van der Waals surface area contributed by atoms with Gasteiger partial charge in [-0.2, -0.15) is 5.10 Å². The molecule has 0 bridgehead atoms. The number of carbonyl (C=O) groups excluding carboxylic acids is 3. The Bertz CT molecular complexity index is 2240. The van der Waals surface area contributed by atoms with Crippen LogP contribution in [-0.2, 0) is 22.7 Å². The molecule has 4 heterocycles. The lowest BCUT2D eigenvalue weighted by Crippen LogP contribution is -2.46. The highest BCUT2D eigenvalue weighted by Crippen LogP contribution is 2.30. The number of hydrogen-bond donors (Lipinski definition) is 5. The van der Waals surface area contributed by atoms with Crippen molar-refractivity contribution in [3.05, 3.63) is 105 Å². The summed E-state index contributed by atoms with van der Waals surface area (Å²) in [5.74, 6) is 0.216. The third kappa shape index (κ3) is 10.5.